The fourth-order valence-corrected chi connectivity index (χ4v) is 0.912. The highest BCUT2D eigenvalue weighted by Gasteiger charge is 2.18. The lowest BCUT2D eigenvalue weighted by atomic mass is 9.92. The van der Waals surface area contributed by atoms with Crippen molar-refractivity contribution in [2.24, 2.45) is 5.41 Å². The van der Waals surface area contributed by atoms with Crippen LogP contribution in [-0.4, -0.2) is 0 Å². The average molecular weight is 172 g/mol. The van der Waals surface area contributed by atoms with Crippen molar-refractivity contribution in [3.63, 3.8) is 0 Å². The van der Waals surface area contributed by atoms with Gasteiger partial charge in [0.05, 0.1) is 6.07 Å². The van der Waals surface area contributed by atoms with Crippen molar-refractivity contribution in [1.82, 2.24) is 0 Å². The van der Waals surface area contributed by atoms with Crippen molar-refractivity contribution in [2.75, 3.05) is 0 Å². The van der Waals surface area contributed by atoms with Crippen molar-refractivity contribution in [2.45, 2.75) is 34.1 Å². The molecular formula is C9H14ClN. The summed E-state index contributed by atoms with van der Waals surface area (Å²) in [6.07, 6.45) is 0.715. The molecule has 0 aromatic rings. The summed E-state index contributed by atoms with van der Waals surface area (Å²) in [5, 5.41) is 9.35. The molecule has 0 unspecified atom stereocenters. The lowest BCUT2D eigenvalue weighted by Crippen LogP contribution is -2.06. The number of allylic oxidation sites excluding steroid dienone is 2. The molecule has 0 aromatic heterocycles. The molecular weight excluding hydrogens is 158 g/mol. The Balaban J connectivity index is 4.81. The summed E-state index contributed by atoms with van der Waals surface area (Å²) in [5.41, 5.74) is 0.599. The summed E-state index contributed by atoms with van der Waals surface area (Å²) in [5.74, 6) is 0. The van der Waals surface area contributed by atoms with E-state index in [-0.39, 0.29) is 5.41 Å². The van der Waals surface area contributed by atoms with Gasteiger partial charge in [0.2, 0.25) is 0 Å². The Morgan fingerprint density at radius 3 is 2.00 bits per heavy atom. The molecule has 0 atom stereocenters. The van der Waals surface area contributed by atoms with Gasteiger partial charge in [-0.25, -0.2) is 0 Å². The second kappa shape index (κ2) is 3.78. The quantitative estimate of drug-likeness (QED) is 0.555. The van der Waals surface area contributed by atoms with E-state index in [0.717, 1.165) is 0 Å². The number of nitrogens with zero attached hydrogens (tertiary/aromatic N) is 1. The molecule has 1 nitrogen and oxygen atoms in total. The lowest BCUT2D eigenvalue weighted by molar-refractivity contribution is 0.526. The van der Waals surface area contributed by atoms with Crippen LogP contribution in [0.3, 0.4) is 0 Å². The third-order valence-corrected chi connectivity index (χ3v) is 2.21. The Morgan fingerprint density at radius 1 is 1.45 bits per heavy atom. The Hall–Kier alpha value is -0.480. The molecule has 0 aliphatic rings. The smallest absolute Gasteiger partial charge is 0.0959 e. The van der Waals surface area contributed by atoms with Crippen LogP contribution in [0.2, 0.25) is 0 Å². The zero-order chi connectivity index (χ0) is 9.07. The molecule has 0 saturated heterocycles. The van der Waals surface area contributed by atoms with E-state index < -0.39 is 0 Å². The summed E-state index contributed by atoms with van der Waals surface area (Å²) in [6, 6.07) is 2.11. The van der Waals surface area contributed by atoms with E-state index in [1.54, 1.807) is 0 Å². The maximum Gasteiger partial charge on any atom is 0.0959 e. The van der Waals surface area contributed by atoms with Crippen molar-refractivity contribution in [3.8, 4) is 6.07 Å². The number of rotatable bonds is 1. The number of halogens is 1. The number of hydrogen-bond acceptors (Lipinski definition) is 1. The Bertz CT molecular complexity index is 203. The first-order valence-electron chi connectivity index (χ1n) is 3.72. The molecule has 0 spiro atoms. The van der Waals surface area contributed by atoms with Crippen LogP contribution in [0.1, 0.15) is 34.1 Å². The molecule has 2 heteroatoms. The highest BCUT2D eigenvalue weighted by molar-refractivity contribution is 6.30. The van der Waals surface area contributed by atoms with Crippen molar-refractivity contribution in [1.29, 1.82) is 5.26 Å². The van der Waals surface area contributed by atoms with Gasteiger partial charge in [-0.15, -0.1) is 0 Å². The monoisotopic (exact) mass is 171 g/mol. The van der Waals surface area contributed by atoms with Gasteiger partial charge in [-0.1, -0.05) is 39.3 Å². The van der Waals surface area contributed by atoms with E-state index in [1.165, 1.54) is 0 Å². The first-order valence-corrected chi connectivity index (χ1v) is 4.10. The second-order valence-corrected chi connectivity index (χ2v) is 3.89. The van der Waals surface area contributed by atoms with Crippen LogP contribution < -0.4 is 0 Å². The second-order valence-electron chi connectivity index (χ2n) is 3.51. The number of hydrogen-bond donors (Lipinski definition) is 0. The van der Waals surface area contributed by atoms with E-state index in [9.17, 15) is 0 Å². The Kier molecular flexibility index (Phi) is 3.62. The van der Waals surface area contributed by atoms with Gasteiger partial charge in [0, 0.05) is 10.6 Å². The van der Waals surface area contributed by atoms with Crippen molar-refractivity contribution in [3.05, 3.63) is 10.6 Å². The summed E-state index contributed by atoms with van der Waals surface area (Å²) in [6.45, 7) is 7.94. The maximum atomic E-state index is 8.67. The standard InChI is InChI=1S/C9H14ClN/c1-5-7(6-11)8(10)9(2,3)4/h5H2,1-4H3/b8-7+. The van der Waals surface area contributed by atoms with Crippen molar-refractivity contribution < 1.29 is 0 Å². The van der Waals surface area contributed by atoms with Gasteiger partial charge in [0.15, 0.2) is 0 Å². The topological polar surface area (TPSA) is 23.8 Å². The van der Waals surface area contributed by atoms with Gasteiger partial charge >= 0.3 is 0 Å². The summed E-state index contributed by atoms with van der Waals surface area (Å²) in [7, 11) is 0. The van der Waals surface area contributed by atoms with E-state index in [2.05, 4.69) is 6.07 Å². The van der Waals surface area contributed by atoms with Crippen LogP contribution in [0, 0.1) is 16.7 Å². The first kappa shape index (κ1) is 10.5. The molecule has 0 N–H and O–H groups in total. The number of nitriles is 1. The third kappa shape index (κ3) is 2.95. The fraction of sp³-hybridized carbons (Fsp3) is 0.667. The molecule has 0 fully saturated rings. The van der Waals surface area contributed by atoms with E-state index in [4.69, 9.17) is 16.9 Å². The molecule has 0 amide bonds. The van der Waals surface area contributed by atoms with Gasteiger partial charge in [0.25, 0.3) is 0 Å². The molecule has 62 valence electrons. The molecule has 0 bridgehead atoms. The van der Waals surface area contributed by atoms with E-state index >= 15 is 0 Å². The summed E-state index contributed by atoms with van der Waals surface area (Å²) < 4.78 is 0. The first-order chi connectivity index (χ1) is 4.93. The SMILES string of the molecule is CC/C(C#N)=C(\Cl)C(C)(C)C. The van der Waals surface area contributed by atoms with Crippen LogP contribution in [0.5, 0.6) is 0 Å². The Morgan fingerprint density at radius 2 is 1.91 bits per heavy atom. The predicted molar refractivity (Wildman–Crippen MR) is 48.2 cm³/mol. The average Bonchev–Trinajstić information content (AvgIpc) is 1.88. The van der Waals surface area contributed by atoms with Crippen LogP contribution in [0.25, 0.3) is 0 Å². The molecule has 0 aromatic carbocycles. The van der Waals surface area contributed by atoms with Gasteiger partial charge in [-0.2, -0.15) is 5.26 Å². The predicted octanol–water partition coefficient (Wildman–Crippen LogP) is 3.46. The largest absolute Gasteiger partial charge is 0.193 e. The Labute approximate surface area is 73.7 Å². The maximum absolute atomic E-state index is 8.67. The fourth-order valence-electron chi connectivity index (χ4n) is 0.736. The van der Waals surface area contributed by atoms with Gasteiger partial charge in [-0.3, -0.25) is 0 Å². The van der Waals surface area contributed by atoms with Crippen LogP contribution in [-0.2, 0) is 0 Å². The third-order valence-electron chi connectivity index (χ3n) is 1.41. The highest BCUT2D eigenvalue weighted by atomic mass is 35.5. The highest BCUT2D eigenvalue weighted by Crippen LogP contribution is 2.31. The molecule has 0 heterocycles. The minimum atomic E-state index is -0.0946. The van der Waals surface area contributed by atoms with Crippen LogP contribution in [0.4, 0.5) is 0 Å². The van der Waals surface area contributed by atoms with E-state index in [0.29, 0.717) is 17.0 Å². The minimum Gasteiger partial charge on any atom is -0.193 e. The molecule has 0 radical (unpaired) electrons. The van der Waals surface area contributed by atoms with Crippen LogP contribution in [0.15, 0.2) is 10.6 Å². The summed E-state index contributed by atoms with van der Waals surface area (Å²) >= 11 is 5.98. The van der Waals surface area contributed by atoms with Gasteiger partial charge in [-0.05, 0) is 11.8 Å². The van der Waals surface area contributed by atoms with Crippen LogP contribution >= 0.6 is 11.6 Å². The van der Waals surface area contributed by atoms with E-state index in [1.807, 2.05) is 27.7 Å². The molecule has 0 saturated carbocycles. The van der Waals surface area contributed by atoms with Gasteiger partial charge in [0.1, 0.15) is 0 Å². The zero-order valence-electron chi connectivity index (χ0n) is 7.53. The normalized spacial score (nSPS) is 13.8. The molecule has 0 rings (SSSR count). The summed E-state index contributed by atoms with van der Waals surface area (Å²) in [4.78, 5) is 0. The molecule has 0 aliphatic carbocycles. The molecule has 0 aliphatic heterocycles. The van der Waals surface area contributed by atoms with Crippen molar-refractivity contribution >= 4 is 11.6 Å². The molecule has 11 heavy (non-hydrogen) atoms. The zero-order valence-corrected chi connectivity index (χ0v) is 8.29. The minimum absolute atomic E-state index is 0.0946. The van der Waals surface area contributed by atoms with Gasteiger partial charge < -0.3 is 0 Å². The lowest BCUT2D eigenvalue weighted by Gasteiger charge is -2.18.